The summed E-state index contributed by atoms with van der Waals surface area (Å²) in [5.74, 6) is 4.78. The first-order chi connectivity index (χ1) is 18.5. The third-order valence-corrected chi connectivity index (χ3v) is 5.90. The molecule has 206 valence electrons. The van der Waals surface area contributed by atoms with E-state index in [1.807, 2.05) is 51.1 Å². The fourth-order valence-corrected chi connectivity index (χ4v) is 3.68. The van der Waals surface area contributed by atoms with Gasteiger partial charge in [0.1, 0.15) is 5.60 Å². The number of hydrogen-bond donors (Lipinski definition) is 2. The molecule has 2 amide bonds. The van der Waals surface area contributed by atoms with Crippen LogP contribution in [0.1, 0.15) is 67.6 Å². The molecule has 0 aromatic heterocycles. The zero-order valence-electron chi connectivity index (χ0n) is 23.1. The summed E-state index contributed by atoms with van der Waals surface area (Å²) in [6.45, 7) is 7.53. The van der Waals surface area contributed by atoms with Crippen LogP contribution >= 0.6 is 0 Å². The highest BCUT2D eigenvalue weighted by Gasteiger charge is 2.35. The van der Waals surface area contributed by atoms with Gasteiger partial charge in [0.05, 0.1) is 13.2 Å². The molecule has 0 saturated heterocycles. The summed E-state index contributed by atoms with van der Waals surface area (Å²) in [6, 6.07) is 13.7. The Hall–Kier alpha value is -4.09. The van der Waals surface area contributed by atoms with E-state index in [9.17, 15) is 19.5 Å². The summed E-state index contributed by atoms with van der Waals surface area (Å²) >= 11 is 0. The van der Waals surface area contributed by atoms with Gasteiger partial charge in [0.25, 0.3) is 5.91 Å². The molecule has 0 spiro atoms. The van der Waals surface area contributed by atoms with Gasteiger partial charge in [0.15, 0.2) is 6.04 Å². The summed E-state index contributed by atoms with van der Waals surface area (Å²) < 4.78 is 10.2. The number of ether oxygens (including phenoxy) is 2. The quantitative estimate of drug-likeness (QED) is 0.388. The molecule has 8 heteroatoms. The summed E-state index contributed by atoms with van der Waals surface area (Å²) in [5.41, 5.74) is 2.54. The number of hydrogen-bond acceptors (Lipinski definition) is 6. The topological polar surface area (TPSA) is 105 Å². The van der Waals surface area contributed by atoms with E-state index in [-0.39, 0.29) is 12.1 Å². The van der Waals surface area contributed by atoms with Crippen molar-refractivity contribution in [3.63, 3.8) is 0 Å². The van der Waals surface area contributed by atoms with E-state index in [4.69, 9.17) is 4.74 Å². The highest BCUT2D eigenvalue weighted by molar-refractivity contribution is 5.97. The van der Waals surface area contributed by atoms with Crippen LogP contribution in [0.5, 0.6) is 0 Å². The number of esters is 1. The van der Waals surface area contributed by atoms with Gasteiger partial charge < -0.3 is 24.8 Å². The van der Waals surface area contributed by atoms with Crippen molar-refractivity contribution >= 4 is 24.0 Å². The molecule has 1 aliphatic rings. The van der Waals surface area contributed by atoms with Crippen molar-refractivity contribution in [2.24, 2.45) is 0 Å². The third-order valence-electron chi connectivity index (χ3n) is 5.90. The molecule has 0 aliphatic heterocycles. The molecule has 39 heavy (non-hydrogen) atoms. The van der Waals surface area contributed by atoms with Crippen molar-refractivity contribution in [1.82, 2.24) is 10.2 Å². The number of nitrogens with one attached hydrogen (secondary N) is 1. The van der Waals surface area contributed by atoms with Crippen LogP contribution in [0.3, 0.4) is 0 Å². The lowest BCUT2D eigenvalue weighted by molar-refractivity contribution is -0.145. The lowest BCUT2D eigenvalue weighted by Crippen LogP contribution is -2.48. The van der Waals surface area contributed by atoms with Gasteiger partial charge in [-0.2, -0.15) is 0 Å². The summed E-state index contributed by atoms with van der Waals surface area (Å²) in [7, 11) is 1.19. The molecule has 0 heterocycles. The van der Waals surface area contributed by atoms with Crippen LogP contribution in [0.4, 0.5) is 4.79 Å². The van der Waals surface area contributed by atoms with E-state index in [0.29, 0.717) is 17.7 Å². The minimum Gasteiger partial charge on any atom is -0.467 e. The van der Waals surface area contributed by atoms with E-state index < -0.39 is 29.6 Å². The molecule has 0 bridgehead atoms. The fourth-order valence-electron chi connectivity index (χ4n) is 3.68. The number of carbonyl (C=O) groups is 3. The Bertz CT molecular complexity index is 1240. The molecule has 2 atom stereocenters. The number of amides is 2. The minimum absolute atomic E-state index is 0.249. The highest BCUT2D eigenvalue weighted by Crippen LogP contribution is 2.30. The number of nitrogens with zero attached hydrogens (tertiary/aromatic N) is 1. The zero-order chi connectivity index (χ0) is 28.6. The summed E-state index contributed by atoms with van der Waals surface area (Å²) in [5, 5.41) is 12.2. The van der Waals surface area contributed by atoms with Crippen molar-refractivity contribution < 1.29 is 29.0 Å². The normalized spacial score (nSPS) is 14.5. The molecule has 0 radical (unpaired) electrons. The lowest BCUT2D eigenvalue weighted by atomic mass is 10.1. The van der Waals surface area contributed by atoms with Crippen molar-refractivity contribution in [3.8, 4) is 11.8 Å². The molecule has 2 aromatic carbocycles. The van der Waals surface area contributed by atoms with E-state index in [1.54, 1.807) is 35.2 Å². The summed E-state index contributed by atoms with van der Waals surface area (Å²) in [6.07, 6.45) is 4.29. The Labute approximate surface area is 230 Å². The van der Waals surface area contributed by atoms with E-state index in [1.165, 1.54) is 14.0 Å². The van der Waals surface area contributed by atoms with Gasteiger partial charge in [0.2, 0.25) is 0 Å². The van der Waals surface area contributed by atoms with Gasteiger partial charge >= 0.3 is 12.1 Å². The number of methoxy groups -OCH3 is 1. The largest absolute Gasteiger partial charge is 0.467 e. The number of rotatable bonds is 8. The maximum Gasteiger partial charge on any atom is 0.410 e. The van der Waals surface area contributed by atoms with Crippen LogP contribution in [0.25, 0.3) is 6.08 Å². The van der Waals surface area contributed by atoms with Crippen molar-refractivity contribution in [3.05, 3.63) is 76.9 Å². The van der Waals surface area contributed by atoms with Gasteiger partial charge in [-0.25, -0.2) is 9.59 Å². The first-order valence-electron chi connectivity index (χ1n) is 12.9. The highest BCUT2D eigenvalue weighted by atomic mass is 16.6. The molecule has 1 fully saturated rings. The second-order valence-corrected chi connectivity index (χ2v) is 10.5. The number of aliphatic hydroxyl groups excluding tert-OH is 1. The summed E-state index contributed by atoms with van der Waals surface area (Å²) in [4.78, 5) is 38.5. The average Bonchev–Trinajstić information content (AvgIpc) is 3.73. The number of benzene rings is 2. The Balaban J connectivity index is 1.55. The zero-order valence-corrected chi connectivity index (χ0v) is 23.1. The van der Waals surface area contributed by atoms with Gasteiger partial charge in [-0.1, -0.05) is 36.1 Å². The van der Waals surface area contributed by atoms with Crippen molar-refractivity contribution in [2.45, 2.75) is 70.9 Å². The van der Waals surface area contributed by atoms with Crippen molar-refractivity contribution in [2.75, 3.05) is 7.11 Å². The first-order valence-corrected chi connectivity index (χ1v) is 12.9. The molecular formula is C31H36N2O6. The van der Waals surface area contributed by atoms with E-state index in [2.05, 4.69) is 21.9 Å². The molecule has 3 rings (SSSR count). The second kappa shape index (κ2) is 13.1. The molecule has 1 aliphatic carbocycles. The molecule has 1 saturated carbocycles. The third kappa shape index (κ3) is 9.31. The molecule has 2 N–H and O–H groups in total. The van der Waals surface area contributed by atoms with Gasteiger partial charge in [0, 0.05) is 23.7 Å². The maximum atomic E-state index is 12.6. The van der Waals surface area contributed by atoms with Crippen LogP contribution in [0, 0.1) is 11.8 Å². The average molecular weight is 533 g/mol. The Morgan fingerprint density at radius 1 is 1.10 bits per heavy atom. The molecular weight excluding hydrogens is 496 g/mol. The van der Waals surface area contributed by atoms with Crippen LogP contribution in [0.15, 0.2) is 54.6 Å². The fraction of sp³-hybridized carbons (Fsp3) is 0.387. The number of aliphatic hydroxyl groups is 1. The van der Waals surface area contributed by atoms with Crippen LogP contribution in [0.2, 0.25) is 0 Å². The molecule has 2 aromatic rings. The lowest BCUT2D eigenvalue weighted by Gasteiger charge is -2.27. The maximum absolute atomic E-state index is 12.6. The number of carbonyl (C=O) groups excluding carboxylic acids is 3. The molecule has 0 unspecified atom stereocenters. The van der Waals surface area contributed by atoms with Crippen LogP contribution in [-0.4, -0.2) is 58.9 Å². The van der Waals surface area contributed by atoms with E-state index >= 15 is 0 Å². The monoisotopic (exact) mass is 532 g/mol. The van der Waals surface area contributed by atoms with Gasteiger partial charge in [-0.3, -0.25) is 4.79 Å². The van der Waals surface area contributed by atoms with Crippen LogP contribution < -0.4 is 5.32 Å². The molecule has 8 nitrogen and oxygen atoms in total. The van der Waals surface area contributed by atoms with Gasteiger partial charge in [-0.05, 0) is 88.1 Å². The Morgan fingerprint density at radius 3 is 2.28 bits per heavy atom. The standard InChI is InChI=1S/C31H36N2O6/c1-21(34)27(29(36)38-5)32-28(35)25-16-14-23(15-17-25)9-7-6-8-22-10-12-24(13-11-22)20-33(26-18-19-26)30(37)39-31(2,3)4/h6,8,10-17,21,26-27,34H,18-20H2,1-5H3,(H,32,35)/b8-6+/t21-,27+/m1/s1. The Kier molecular flexibility index (Phi) is 9.91. The smallest absolute Gasteiger partial charge is 0.410 e. The predicted octanol–water partition coefficient (Wildman–Crippen LogP) is 4.30. The Morgan fingerprint density at radius 2 is 1.74 bits per heavy atom. The SMILES string of the molecule is COC(=O)[C@@H](NC(=O)c1ccc(C#C/C=C/c2ccc(CN(C(=O)OC(C)(C)C)C3CC3)cc2)cc1)[C@@H](C)O. The minimum atomic E-state index is -1.15. The van der Waals surface area contributed by atoms with E-state index in [0.717, 1.165) is 24.0 Å². The van der Waals surface area contributed by atoms with Crippen molar-refractivity contribution in [1.29, 1.82) is 0 Å². The number of allylic oxidation sites excluding steroid dienone is 1. The van der Waals surface area contributed by atoms with Gasteiger partial charge in [-0.15, -0.1) is 0 Å². The van der Waals surface area contributed by atoms with Crippen LogP contribution in [-0.2, 0) is 20.8 Å². The predicted molar refractivity (Wildman–Crippen MR) is 149 cm³/mol. The first kappa shape index (κ1) is 29.5. The second-order valence-electron chi connectivity index (χ2n) is 10.5.